The molecule has 0 aromatic rings. The lowest BCUT2D eigenvalue weighted by molar-refractivity contribution is -0.128. The second-order valence-corrected chi connectivity index (χ2v) is 12.0. The lowest BCUT2D eigenvalue weighted by Gasteiger charge is -2.22. The fourth-order valence-corrected chi connectivity index (χ4v) is 3.28. The molecule has 0 radical (unpaired) electrons. The Hall–Kier alpha value is 1.46. The minimum Gasteiger partial charge on any atom is -0.169 e. The normalized spacial score (nSPS) is 19.0. The molecule has 0 nitrogen and oxygen atoms in total. The fraction of sp³-hybridized carbons (Fsp3) is 1.00. The molecule has 0 heterocycles. The molecule has 0 aromatic carbocycles. The Morgan fingerprint density at radius 1 is 1.00 bits per heavy atom. The van der Waals surface area contributed by atoms with Gasteiger partial charge in [0.05, 0.1) is 5.00 Å². The summed E-state index contributed by atoms with van der Waals surface area (Å²) in [5.41, 5.74) is 0. The molecular weight excluding hydrogens is 298 g/mol. The van der Waals surface area contributed by atoms with E-state index in [9.17, 15) is 13.2 Å². The third-order valence-corrected chi connectivity index (χ3v) is 7.04. The van der Waals surface area contributed by atoms with E-state index >= 15 is 0 Å². The molecular formula is C3H2Cl5F3Si. The van der Waals surface area contributed by atoms with Gasteiger partial charge in [0.2, 0.25) is 0 Å². The third-order valence-electron chi connectivity index (χ3n) is 0.882. The molecule has 0 amide bonds. The van der Waals surface area contributed by atoms with Crippen LogP contribution in [0, 0.1) is 0 Å². The largest absolute Gasteiger partial charge is 0.406 e. The van der Waals surface area contributed by atoms with Crippen LogP contribution >= 0.6 is 56.4 Å². The molecule has 0 unspecified atom stereocenters. The smallest absolute Gasteiger partial charge is 0.169 e. The van der Waals surface area contributed by atoms with E-state index < -0.39 is 22.6 Å². The summed E-state index contributed by atoms with van der Waals surface area (Å²) in [6.07, 6.45) is -4.65. The van der Waals surface area contributed by atoms with E-state index in [1.54, 1.807) is 0 Å². The minimum absolute atomic E-state index is 1.68. The summed E-state index contributed by atoms with van der Waals surface area (Å²) in [6, 6.07) is -3.60. The maximum Gasteiger partial charge on any atom is 0.406 e. The van der Waals surface area contributed by atoms with Gasteiger partial charge in [-0.25, -0.2) is 0 Å². The van der Waals surface area contributed by atoms with Gasteiger partial charge in [0.15, 0.2) is 0 Å². The molecule has 0 N–H and O–H groups in total. The number of rotatable bonds is 2. The van der Waals surface area contributed by atoms with Gasteiger partial charge in [0, 0.05) is 0 Å². The maximum absolute atomic E-state index is 11.9. The van der Waals surface area contributed by atoms with Crippen molar-refractivity contribution in [2.45, 2.75) is 16.6 Å². The Bertz CT molecular complexity index is 135. The zero-order chi connectivity index (χ0) is 10.2. The van der Waals surface area contributed by atoms with Gasteiger partial charge < -0.3 is 0 Å². The topological polar surface area (TPSA) is 0 Å². The molecule has 0 rings (SSSR count). The highest BCUT2D eigenvalue weighted by Gasteiger charge is 2.51. The maximum atomic E-state index is 11.9. The molecule has 0 bridgehead atoms. The Morgan fingerprint density at radius 2 is 1.33 bits per heavy atom. The van der Waals surface area contributed by atoms with Crippen LogP contribution in [-0.2, 0) is 0 Å². The van der Waals surface area contributed by atoms with Crippen molar-refractivity contribution in [1.82, 2.24) is 0 Å². The molecule has 0 saturated carbocycles. The van der Waals surface area contributed by atoms with Crippen molar-refractivity contribution in [3.05, 3.63) is 0 Å². The van der Waals surface area contributed by atoms with Crippen LogP contribution in [0.4, 0.5) is 13.2 Å². The molecule has 0 fully saturated rings. The van der Waals surface area contributed by atoms with E-state index in [1.807, 2.05) is 0 Å². The van der Waals surface area contributed by atoms with Crippen LogP contribution in [0.25, 0.3) is 0 Å². The second-order valence-electron chi connectivity index (χ2n) is 1.89. The molecule has 0 aromatic heterocycles. The van der Waals surface area contributed by atoms with E-state index in [2.05, 4.69) is 0 Å². The summed E-state index contributed by atoms with van der Waals surface area (Å²) >= 11 is 25.8. The second kappa shape index (κ2) is 4.32. The Labute approximate surface area is 92.0 Å². The van der Waals surface area contributed by atoms with Gasteiger partial charge in [-0.15, -0.1) is 56.4 Å². The highest BCUT2D eigenvalue weighted by Crippen LogP contribution is 2.38. The summed E-state index contributed by atoms with van der Waals surface area (Å²) in [5.74, 6) is 0. The molecule has 0 spiro atoms. The summed E-state index contributed by atoms with van der Waals surface area (Å²) in [7, 11) is 0. The molecule has 12 heavy (non-hydrogen) atoms. The third kappa shape index (κ3) is 4.11. The monoisotopic (exact) mass is 298 g/mol. The Balaban J connectivity index is 4.41. The van der Waals surface area contributed by atoms with Crippen LogP contribution in [0.15, 0.2) is 0 Å². The predicted octanol–water partition coefficient (Wildman–Crippen LogP) is 3.96. The minimum atomic E-state index is -4.65. The molecule has 0 saturated heterocycles. The van der Waals surface area contributed by atoms with E-state index in [1.165, 1.54) is 0 Å². The van der Waals surface area contributed by atoms with Crippen molar-refractivity contribution >= 4 is 62.4 Å². The molecule has 0 aliphatic heterocycles. The first kappa shape index (κ1) is 13.5. The standard InChI is InChI=1S/C3H2Cl5F3Si/c4-1(3(9,10)11)2(5)12(6,7)8/h1-2H/t1-,2+/m1/s1. The molecule has 0 aliphatic rings. The van der Waals surface area contributed by atoms with Crippen LogP contribution in [0.1, 0.15) is 0 Å². The van der Waals surface area contributed by atoms with Crippen LogP contribution in [0.3, 0.4) is 0 Å². The summed E-state index contributed by atoms with van der Waals surface area (Å²) in [5, 5.41) is -4.00. The Kier molecular flexibility index (Phi) is 4.84. The van der Waals surface area contributed by atoms with Gasteiger partial charge in [-0.2, -0.15) is 13.2 Å². The van der Waals surface area contributed by atoms with Gasteiger partial charge >= 0.3 is 12.2 Å². The van der Waals surface area contributed by atoms with Gasteiger partial charge in [-0.05, 0) is 0 Å². The highest BCUT2D eigenvalue weighted by atomic mass is 35.8. The van der Waals surface area contributed by atoms with Gasteiger partial charge in [0.1, 0.15) is 5.38 Å². The first-order valence-electron chi connectivity index (χ1n) is 2.48. The Morgan fingerprint density at radius 3 is 1.42 bits per heavy atom. The number of hydrogen-bond donors (Lipinski definition) is 0. The first-order valence-corrected chi connectivity index (χ1v) is 8.47. The molecule has 74 valence electrons. The fourth-order valence-electron chi connectivity index (χ4n) is 0.332. The zero-order valence-corrected chi connectivity index (χ0v) is 9.96. The zero-order valence-electron chi connectivity index (χ0n) is 5.18. The van der Waals surface area contributed by atoms with E-state index in [0.717, 1.165) is 0 Å². The summed E-state index contributed by atoms with van der Waals surface area (Å²) in [6.45, 7) is 0. The van der Waals surface area contributed by atoms with Crippen molar-refractivity contribution < 1.29 is 13.2 Å². The summed E-state index contributed by atoms with van der Waals surface area (Å²) in [4.78, 5) is 0. The molecule has 2 atom stereocenters. The van der Waals surface area contributed by atoms with Crippen LogP contribution in [0.5, 0.6) is 0 Å². The van der Waals surface area contributed by atoms with Crippen molar-refractivity contribution in [1.29, 1.82) is 0 Å². The number of halogens is 8. The van der Waals surface area contributed by atoms with E-state index in [0.29, 0.717) is 0 Å². The molecule has 9 heteroatoms. The van der Waals surface area contributed by atoms with Crippen molar-refractivity contribution in [2.24, 2.45) is 0 Å². The highest BCUT2D eigenvalue weighted by molar-refractivity contribution is 7.66. The average Bonchev–Trinajstić information content (AvgIpc) is 1.80. The number of alkyl halides is 5. The van der Waals surface area contributed by atoms with Crippen molar-refractivity contribution in [3.8, 4) is 0 Å². The van der Waals surface area contributed by atoms with Gasteiger partial charge in [-0.1, -0.05) is 0 Å². The lowest BCUT2D eigenvalue weighted by Crippen LogP contribution is -2.42. The van der Waals surface area contributed by atoms with Gasteiger partial charge in [0.25, 0.3) is 0 Å². The van der Waals surface area contributed by atoms with Gasteiger partial charge in [-0.3, -0.25) is 0 Å². The first-order chi connectivity index (χ1) is 5.07. The lowest BCUT2D eigenvalue weighted by atomic mass is 10.5. The van der Waals surface area contributed by atoms with Crippen molar-refractivity contribution in [3.63, 3.8) is 0 Å². The quantitative estimate of drug-likeness (QED) is 0.411. The number of hydrogen-bond acceptors (Lipinski definition) is 0. The summed E-state index contributed by atoms with van der Waals surface area (Å²) < 4.78 is 35.6. The van der Waals surface area contributed by atoms with Crippen molar-refractivity contribution in [2.75, 3.05) is 0 Å². The predicted molar refractivity (Wildman–Crippen MR) is 48.7 cm³/mol. The van der Waals surface area contributed by atoms with Crippen LogP contribution in [0.2, 0.25) is 0 Å². The van der Waals surface area contributed by atoms with Crippen LogP contribution < -0.4 is 0 Å². The van der Waals surface area contributed by atoms with E-state index in [4.69, 9.17) is 56.4 Å². The SMILES string of the molecule is FC(F)(F)[C@H](Cl)[C@@H](Cl)[Si](Cl)(Cl)Cl. The van der Waals surface area contributed by atoms with E-state index in [-0.39, 0.29) is 0 Å². The van der Waals surface area contributed by atoms with Crippen LogP contribution in [-0.4, -0.2) is 22.6 Å². The average molecular weight is 300 g/mol. The molecule has 0 aliphatic carbocycles.